The highest BCUT2D eigenvalue weighted by Gasteiger charge is 2.03. The Morgan fingerprint density at radius 1 is 1.36 bits per heavy atom. The molecule has 1 aromatic carbocycles. The van der Waals surface area contributed by atoms with Crippen LogP contribution in [0.2, 0.25) is 0 Å². The molecule has 0 saturated heterocycles. The van der Waals surface area contributed by atoms with Crippen LogP contribution in [0.5, 0.6) is 0 Å². The van der Waals surface area contributed by atoms with Crippen LogP contribution in [-0.2, 0) is 16.0 Å². The maximum Gasteiger partial charge on any atom is 0.310 e. The van der Waals surface area contributed by atoms with Crippen LogP contribution in [0.1, 0.15) is 18.9 Å². The molecule has 0 heterocycles. The van der Waals surface area contributed by atoms with Crippen LogP contribution in [0.15, 0.2) is 29.2 Å². The van der Waals surface area contributed by atoms with E-state index in [9.17, 15) is 4.79 Å². The average molecular weight is 210 g/mol. The van der Waals surface area contributed by atoms with Crippen LogP contribution in [0.25, 0.3) is 0 Å². The first-order chi connectivity index (χ1) is 6.72. The second-order valence-corrected chi connectivity index (χ2v) is 3.58. The van der Waals surface area contributed by atoms with E-state index in [-0.39, 0.29) is 5.97 Å². The molecule has 1 aromatic rings. The van der Waals surface area contributed by atoms with E-state index in [1.165, 1.54) is 0 Å². The normalized spacial score (nSPS) is 9.86. The minimum absolute atomic E-state index is 0.168. The van der Waals surface area contributed by atoms with E-state index in [0.29, 0.717) is 13.0 Å². The van der Waals surface area contributed by atoms with Crippen molar-refractivity contribution in [2.24, 2.45) is 0 Å². The Morgan fingerprint density at radius 3 is 2.57 bits per heavy atom. The first kappa shape index (κ1) is 11.1. The number of carbonyl (C=O) groups excluding carboxylic acids is 1. The molecule has 0 N–H and O–H groups in total. The molecule has 0 spiro atoms. The number of hydrogen-bond donors (Lipinski definition) is 1. The van der Waals surface area contributed by atoms with Gasteiger partial charge < -0.3 is 4.74 Å². The van der Waals surface area contributed by atoms with Crippen LogP contribution in [0.4, 0.5) is 0 Å². The largest absolute Gasteiger partial charge is 0.465 e. The van der Waals surface area contributed by atoms with Gasteiger partial charge in [0, 0.05) is 4.90 Å². The van der Waals surface area contributed by atoms with E-state index in [1.54, 1.807) is 0 Å². The molecule has 3 heteroatoms. The molecule has 0 aliphatic carbocycles. The zero-order valence-electron chi connectivity index (χ0n) is 8.19. The molecule has 0 aliphatic rings. The molecule has 2 nitrogen and oxygen atoms in total. The Balaban J connectivity index is 2.44. The summed E-state index contributed by atoms with van der Waals surface area (Å²) in [5.74, 6) is -0.168. The van der Waals surface area contributed by atoms with Crippen molar-refractivity contribution in [2.45, 2.75) is 24.7 Å². The lowest BCUT2D eigenvalue weighted by Crippen LogP contribution is -2.08. The van der Waals surface area contributed by atoms with Gasteiger partial charge in [-0.1, -0.05) is 19.1 Å². The predicted octanol–water partition coefficient (Wildman–Crippen LogP) is 2.47. The zero-order valence-corrected chi connectivity index (χ0v) is 9.09. The number of thiol groups is 1. The lowest BCUT2D eigenvalue weighted by molar-refractivity contribution is -0.142. The molecule has 0 aliphatic heterocycles. The Labute approximate surface area is 89.7 Å². The third-order valence-electron chi connectivity index (χ3n) is 1.75. The number of rotatable bonds is 4. The Hall–Kier alpha value is -0.960. The average Bonchev–Trinajstić information content (AvgIpc) is 2.18. The van der Waals surface area contributed by atoms with E-state index < -0.39 is 0 Å². The van der Waals surface area contributed by atoms with Gasteiger partial charge in [0.15, 0.2) is 0 Å². The van der Waals surface area contributed by atoms with E-state index in [1.807, 2.05) is 31.2 Å². The summed E-state index contributed by atoms with van der Waals surface area (Å²) in [6.45, 7) is 2.48. The van der Waals surface area contributed by atoms with Crippen molar-refractivity contribution in [1.82, 2.24) is 0 Å². The smallest absolute Gasteiger partial charge is 0.310 e. The highest BCUT2D eigenvalue weighted by atomic mass is 32.1. The fourth-order valence-corrected chi connectivity index (χ4v) is 1.20. The van der Waals surface area contributed by atoms with Gasteiger partial charge in [-0.3, -0.25) is 4.79 Å². The number of carbonyl (C=O) groups is 1. The van der Waals surface area contributed by atoms with Crippen LogP contribution in [0, 0.1) is 0 Å². The molecule has 14 heavy (non-hydrogen) atoms. The molecule has 0 saturated carbocycles. The Bertz CT molecular complexity index is 293. The lowest BCUT2D eigenvalue weighted by Gasteiger charge is -2.03. The van der Waals surface area contributed by atoms with E-state index in [2.05, 4.69) is 12.6 Å². The predicted molar refractivity (Wildman–Crippen MR) is 58.6 cm³/mol. The fraction of sp³-hybridized carbons (Fsp3) is 0.364. The first-order valence-corrected chi connectivity index (χ1v) is 5.10. The van der Waals surface area contributed by atoms with Crippen molar-refractivity contribution in [3.63, 3.8) is 0 Å². The lowest BCUT2D eigenvalue weighted by atomic mass is 10.1. The highest BCUT2D eigenvalue weighted by molar-refractivity contribution is 7.80. The zero-order chi connectivity index (χ0) is 10.4. The van der Waals surface area contributed by atoms with Gasteiger partial charge in [-0.2, -0.15) is 0 Å². The van der Waals surface area contributed by atoms with Crippen LogP contribution >= 0.6 is 12.6 Å². The quantitative estimate of drug-likeness (QED) is 0.610. The molecule has 0 radical (unpaired) electrons. The second-order valence-electron chi connectivity index (χ2n) is 3.06. The first-order valence-electron chi connectivity index (χ1n) is 4.66. The topological polar surface area (TPSA) is 26.3 Å². The summed E-state index contributed by atoms with van der Waals surface area (Å²) < 4.78 is 4.97. The Morgan fingerprint density at radius 2 is 2.00 bits per heavy atom. The minimum atomic E-state index is -0.168. The summed E-state index contributed by atoms with van der Waals surface area (Å²) in [5, 5.41) is 0. The van der Waals surface area contributed by atoms with Crippen molar-refractivity contribution < 1.29 is 9.53 Å². The fourth-order valence-electron chi connectivity index (χ4n) is 1.05. The summed E-state index contributed by atoms with van der Waals surface area (Å²) in [6.07, 6.45) is 1.20. The third-order valence-corrected chi connectivity index (χ3v) is 2.05. The molecule has 1 rings (SSSR count). The maximum atomic E-state index is 11.2. The van der Waals surface area contributed by atoms with E-state index >= 15 is 0 Å². The second kappa shape index (κ2) is 5.70. The van der Waals surface area contributed by atoms with Gasteiger partial charge in [-0.15, -0.1) is 12.6 Å². The van der Waals surface area contributed by atoms with Gasteiger partial charge in [-0.05, 0) is 24.1 Å². The summed E-state index contributed by atoms with van der Waals surface area (Å²) in [6, 6.07) is 7.50. The number of ether oxygens (including phenoxy) is 1. The number of benzene rings is 1. The molecule has 0 fully saturated rings. The van der Waals surface area contributed by atoms with Crippen molar-refractivity contribution in [3.8, 4) is 0 Å². The van der Waals surface area contributed by atoms with Crippen LogP contribution < -0.4 is 0 Å². The van der Waals surface area contributed by atoms with Crippen molar-refractivity contribution in [1.29, 1.82) is 0 Å². The number of hydrogen-bond acceptors (Lipinski definition) is 3. The van der Waals surface area contributed by atoms with Gasteiger partial charge in [0.2, 0.25) is 0 Å². The van der Waals surface area contributed by atoms with Gasteiger partial charge in [0.25, 0.3) is 0 Å². The summed E-state index contributed by atoms with van der Waals surface area (Å²) in [5.41, 5.74) is 0.962. The summed E-state index contributed by atoms with van der Waals surface area (Å²) in [7, 11) is 0. The van der Waals surface area contributed by atoms with Gasteiger partial charge in [0.05, 0.1) is 13.0 Å². The monoisotopic (exact) mass is 210 g/mol. The molecule has 0 bridgehead atoms. The van der Waals surface area contributed by atoms with Gasteiger partial charge in [0.1, 0.15) is 0 Å². The molecular formula is C11H14O2S. The summed E-state index contributed by atoms with van der Waals surface area (Å²) >= 11 is 4.16. The molecule has 0 unspecified atom stereocenters. The van der Waals surface area contributed by atoms with E-state index in [0.717, 1.165) is 16.9 Å². The molecule has 0 aromatic heterocycles. The van der Waals surface area contributed by atoms with E-state index in [4.69, 9.17) is 4.74 Å². The maximum absolute atomic E-state index is 11.2. The van der Waals surface area contributed by atoms with Gasteiger partial charge in [-0.25, -0.2) is 0 Å². The standard InChI is InChI=1S/C11H14O2S/c1-2-7-13-11(12)8-9-3-5-10(14)6-4-9/h3-6,14H,2,7-8H2,1H3. The van der Waals surface area contributed by atoms with Crippen LogP contribution in [-0.4, -0.2) is 12.6 Å². The summed E-state index contributed by atoms with van der Waals surface area (Å²) in [4.78, 5) is 12.1. The van der Waals surface area contributed by atoms with Crippen LogP contribution in [0.3, 0.4) is 0 Å². The SMILES string of the molecule is CCCOC(=O)Cc1ccc(S)cc1. The van der Waals surface area contributed by atoms with Gasteiger partial charge >= 0.3 is 5.97 Å². The minimum Gasteiger partial charge on any atom is -0.465 e. The third kappa shape index (κ3) is 3.83. The Kier molecular flexibility index (Phi) is 4.53. The molecule has 0 amide bonds. The van der Waals surface area contributed by atoms with Crippen molar-refractivity contribution in [3.05, 3.63) is 29.8 Å². The molecule has 0 atom stereocenters. The van der Waals surface area contributed by atoms with Crippen molar-refractivity contribution >= 4 is 18.6 Å². The number of esters is 1. The highest BCUT2D eigenvalue weighted by Crippen LogP contribution is 2.08. The van der Waals surface area contributed by atoms with Crippen molar-refractivity contribution in [2.75, 3.05) is 6.61 Å². The molecular weight excluding hydrogens is 196 g/mol. The molecule has 76 valence electrons.